The van der Waals surface area contributed by atoms with Crippen LogP contribution < -0.4 is 11.3 Å². The molecular formula is C17H28N2O2. The molecule has 0 saturated carbocycles. The van der Waals surface area contributed by atoms with Crippen LogP contribution in [-0.4, -0.2) is 32.0 Å². The first-order valence-corrected chi connectivity index (χ1v) is 7.79. The van der Waals surface area contributed by atoms with Gasteiger partial charge in [-0.3, -0.25) is 11.3 Å². The van der Waals surface area contributed by atoms with Crippen LogP contribution in [0.15, 0.2) is 24.3 Å². The van der Waals surface area contributed by atoms with Crippen LogP contribution in [0, 0.1) is 0 Å². The number of benzene rings is 1. The van der Waals surface area contributed by atoms with Gasteiger partial charge >= 0.3 is 0 Å². The van der Waals surface area contributed by atoms with Gasteiger partial charge in [-0.05, 0) is 23.5 Å². The molecule has 4 nitrogen and oxygen atoms in total. The number of hydrogen-bond acceptors (Lipinski definition) is 4. The SMILES string of the molecule is COC1(C(Cc2ccc(C(C)C)cc2)NN)CCOCC1. The predicted molar refractivity (Wildman–Crippen MR) is 85.1 cm³/mol. The van der Waals surface area contributed by atoms with Crippen LogP contribution >= 0.6 is 0 Å². The molecule has 0 spiro atoms. The minimum absolute atomic E-state index is 0.0938. The molecule has 1 aliphatic rings. The van der Waals surface area contributed by atoms with Crippen molar-refractivity contribution >= 4 is 0 Å². The van der Waals surface area contributed by atoms with Crippen LogP contribution in [-0.2, 0) is 15.9 Å². The zero-order valence-corrected chi connectivity index (χ0v) is 13.4. The third-order valence-corrected chi connectivity index (χ3v) is 4.67. The topological polar surface area (TPSA) is 56.5 Å². The van der Waals surface area contributed by atoms with Gasteiger partial charge in [-0.2, -0.15) is 0 Å². The van der Waals surface area contributed by atoms with Gasteiger partial charge in [-0.1, -0.05) is 38.1 Å². The lowest BCUT2D eigenvalue weighted by molar-refractivity contribution is -0.110. The van der Waals surface area contributed by atoms with E-state index in [9.17, 15) is 0 Å². The Kier molecular flexibility index (Phi) is 5.76. The molecule has 0 aliphatic carbocycles. The van der Waals surface area contributed by atoms with Crippen LogP contribution in [0.4, 0.5) is 0 Å². The molecule has 3 N–H and O–H groups in total. The van der Waals surface area contributed by atoms with E-state index in [1.54, 1.807) is 7.11 Å². The smallest absolute Gasteiger partial charge is 0.0891 e. The number of rotatable bonds is 6. The predicted octanol–water partition coefficient (Wildman–Crippen LogP) is 2.38. The zero-order valence-electron chi connectivity index (χ0n) is 13.4. The lowest BCUT2D eigenvalue weighted by Gasteiger charge is -2.42. The Labute approximate surface area is 128 Å². The lowest BCUT2D eigenvalue weighted by Crippen LogP contribution is -2.58. The highest BCUT2D eigenvalue weighted by molar-refractivity contribution is 5.25. The van der Waals surface area contributed by atoms with Crippen molar-refractivity contribution in [1.82, 2.24) is 5.43 Å². The maximum Gasteiger partial charge on any atom is 0.0891 e. The van der Waals surface area contributed by atoms with Gasteiger partial charge in [-0.15, -0.1) is 0 Å². The van der Waals surface area contributed by atoms with E-state index >= 15 is 0 Å². The molecule has 0 amide bonds. The van der Waals surface area contributed by atoms with E-state index in [-0.39, 0.29) is 11.6 Å². The van der Waals surface area contributed by atoms with Crippen molar-refractivity contribution in [3.63, 3.8) is 0 Å². The summed E-state index contributed by atoms with van der Waals surface area (Å²) in [5.41, 5.74) is 5.38. The monoisotopic (exact) mass is 292 g/mol. The Morgan fingerprint density at radius 2 is 1.86 bits per heavy atom. The van der Waals surface area contributed by atoms with E-state index in [1.807, 2.05) is 0 Å². The fraction of sp³-hybridized carbons (Fsp3) is 0.647. The Hall–Kier alpha value is -0.940. The molecule has 4 heteroatoms. The van der Waals surface area contributed by atoms with E-state index in [2.05, 4.69) is 43.5 Å². The first kappa shape index (κ1) is 16.4. The Morgan fingerprint density at radius 1 is 1.24 bits per heavy atom. The summed E-state index contributed by atoms with van der Waals surface area (Å²) in [4.78, 5) is 0. The van der Waals surface area contributed by atoms with Crippen molar-refractivity contribution in [2.24, 2.45) is 5.84 Å². The highest BCUT2D eigenvalue weighted by atomic mass is 16.5. The van der Waals surface area contributed by atoms with E-state index in [0.29, 0.717) is 5.92 Å². The molecular weight excluding hydrogens is 264 g/mol. The standard InChI is InChI=1S/C17H28N2O2/c1-13(2)15-6-4-14(5-7-15)12-16(19-18)17(20-3)8-10-21-11-9-17/h4-7,13,16,19H,8-12,18H2,1-3H3. The molecule has 21 heavy (non-hydrogen) atoms. The lowest BCUT2D eigenvalue weighted by atomic mass is 9.83. The van der Waals surface area contributed by atoms with Crippen LogP contribution in [0.25, 0.3) is 0 Å². The first-order valence-electron chi connectivity index (χ1n) is 7.79. The number of nitrogens with one attached hydrogen (secondary N) is 1. The summed E-state index contributed by atoms with van der Waals surface area (Å²) in [6.07, 6.45) is 2.62. The highest BCUT2D eigenvalue weighted by Crippen LogP contribution is 2.30. The zero-order chi connectivity index (χ0) is 15.3. The first-order chi connectivity index (χ1) is 10.1. The van der Waals surface area contributed by atoms with Crippen LogP contribution in [0.1, 0.15) is 43.7 Å². The highest BCUT2D eigenvalue weighted by Gasteiger charge is 2.40. The number of ether oxygens (including phenoxy) is 2. The van der Waals surface area contributed by atoms with Crippen molar-refractivity contribution in [2.45, 2.75) is 50.7 Å². The summed E-state index contributed by atoms with van der Waals surface area (Å²) >= 11 is 0. The molecule has 1 atom stereocenters. The maximum absolute atomic E-state index is 5.84. The van der Waals surface area contributed by atoms with Gasteiger partial charge in [0.2, 0.25) is 0 Å². The molecule has 1 aliphatic heterocycles. The van der Waals surface area contributed by atoms with Crippen LogP contribution in [0.5, 0.6) is 0 Å². The van der Waals surface area contributed by atoms with E-state index < -0.39 is 0 Å². The largest absolute Gasteiger partial charge is 0.381 e. The van der Waals surface area contributed by atoms with Gasteiger partial charge in [0, 0.05) is 33.2 Å². The molecule has 1 unspecified atom stereocenters. The van der Waals surface area contributed by atoms with Gasteiger partial charge < -0.3 is 9.47 Å². The van der Waals surface area contributed by atoms with Crippen molar-refractivity contribution < 1.29 is 9.47 Å². The van der Waals surface area contributed by atoms with Gasteiger partial charge in [0.25, 0.3) is 0 Å². The Bertz CT molecular complexity index is 425. The molecule has 1 fully saturated rings. The van der Waals surface area contributed by atoms with Gasteiger partial charge in [0.15, 0.2) is 0 Å². The number of methoxy groups -OCH3 is 1. The normalized spacial score (nSPS) is 19.7. The molecule has 118 valence electrons. The van der Waals surface area contributed by atoms with E-state index in [1.165, 1.54) is 11.1 Å². The quantitative estimate of drug-likeness (QED) is 0.624. The third-order valence-electron chi connectivity index (χ3n) is 4.67. The molecule has 1 aromatic rings. The molecule has 1 saturated heterocycles. The van der Waals surface area contributed by atoms with Crippen LogP contribution in [0.2, 0.25) is 0 Å². The maximum atomic E-state index is 5.84. The van der Waals surface area contributed by atoms with Crippen LogP contribution in [0.3, 0.4) is 0 Å². The summed E-state index contributed by atoms with van der Waals surface area (Å²) in [5.74, 6) is 6.38. The fourth-order valence-corrected chi connectivity index (χ4v) is 3.08. The minimum Gasteiger partial charge on any atom is -0.381 e. The fourth-order valence-electron chi connectivity index (χ4n) is 3.08. The summed E-state index contributed by atoms with van der Waals surface area (Å²) in [6, 6.07) is 8.90. The summed E-state index contributed by atoms with van der Waals surface area (Å²) in [6.45, 7) is 5.89. The Balaban J connectivity index is 2.10. The average Bonchev–Trinajstić information content (AvgIpc) is 2.53. The molecule has 1 heterocycles. The number of hydrogen-bond donors (Lipinski definition) is 2. The van der Waals surface area contributed by atoms with Crippen molar-refractivity contribution in [2.75, 3.05) is 20.3 Å². The van der Waals surface area contributed by atoms with Crippen molar-refractivity contribution in [3.05, 3.63) is 35.4 Å². The van der Waals surface area contributed by atoms with Gasteiger partial charge in [0.05, 0.1) is 11.6 Å². The minimum atomic E-state index is -0.232. The van der Waals surface area contributed by atoms with E-state index in [0.717, 1.165) is 32.5 Å². The second kappa shape index (κ2) is 7.36. The molecule has 0 aromatic heterocycles. The number of nitrogens with two attached hydrogens (primary N) is 1. The molecule has 0 radical (unpaired) electrons. The van der Waals surface area contributed by atoms with Gasteiger partial charge in [0.1, 0.15) is 0 Å². The Morgan fingerprint density at radius 3 is 2.33 bits per heavy atom. The van der Waals surface area contributed by atoms with Crippen molar-refractivity contribution in [3.8, 4) is 0 Å². The second-order valence-electron chi connectivity index (χ2n) is 6.20. The summed E-state index contributed by atoms with van der Waals surface area (Å²) in [5, 5.41) is 0. The van der Waals surface area contributed by atoms with Gasteiger partial charge in [-0.25, -0.2) is 0 Å². The summed E-state index contributed by atoms with van der Waals surface area (Å²) in [7, 11) is 1.78. The second-order valence-corrected chi connectivity index (χ2v) is 6.20. The summed E-state index contributed by atoms with van der Waals surface area (Å²) < 4.78 is 11.3. The average molecular weight is 292 g/mol. The molecule has 2 rings (SSSR count). The van der Waals surface area contributed by atoms with E-state index in [4.69, 9.17) is 15.3 Å². The molecule has 1 aromatic carbocycles. The van der Waals surface area contributed by atoms with Crippen molar-refractivity contribution in [1.29, 1.82) is 0 Å². The third kappa shape index (κ3) is 3.83. The molecule has 0 bridgehead atoms. The number of hydrazine groups is 1.